The second kappa shape index (κ2) is 9.86. The van der Waals surface area contributed by atoms with Crippen LogP contribution in [0.1, 0.15) is 63.1 Å². The highest BCUT2D eigenvalue weighted by Crippen LogP contribution is 2.31. The van der Waals surface area contributed by atoms with Gasteiger partial charge in [0.15, 0.2) is 10.8 Å². The number of thioether (sulfide) groups is 1. The summed E-state index contributed by atoms with van der Waals surface area (Å²) in [5, 5.41) is 4.18. The molecule has 1 fully saturated rings. The summed E-state index contributed by atoms with van der Waals surface area (Å²) >= 11 is 1.67. The molecule has 2 aromatic heterocycles. The summed E-state index contributed by atoms with van der Waals surface area (Å²) in [4.78, 5) is 22.8. The molecular weight excluding hydrogens is 404 g/mol. The Morgan fingerprint density at radius 2 is 1.94 bits per heavy atom. The number of benzene rings is 1. The standard InChI is InChI=1S/C25H32N4OS/c1-4-22(24(30)27-20-13-9-18(3)10-14-20)29-23-21(6-5-15-26-23)28-25(29)31-16-19-11-7-17(2)8-12-19/h5-8,11-12,15,18,20,22H,4,9-10,13-14,16H2,1-3H3,(H,27,30)/t18?,20?,22-/m1/s1. The Bertz CT molecular complexity index is 1020. The zero-order valence-corrected chi connectivity index (χ0v) is 19.5. The first-order valence-corrected chi connectivity index (χ1v) is 12.4. The molecule has 0 saturated heterocycles. The maximum atomic E-state index is 13.3. The number of pyridine rings is 1. The smallest absolute Gasteiger partial charge is 0.243 e. The Labute approximate surface area is 189 Å². The number of aromatic nitrogens is 3. The molecule has 1 aliphatic carbocycles. The average molecular weight is 437 g/mol. The van der Waals surface area contributed by atoms with Gasteiger partial charge in [0.2, 0.25) is 5.91 Å². The van der Waals surface area contributed by atoms with E-state index in [0.29, 0.717) is 6.42 Å². The summed E-state index contributed by atoms with van der Waals surface area (Å²) in [7, 11) is 0. The molecule has 5 nitrogen and oxygen atoms in total. The predicted octanol–water partition coefficient (Wildman–Crippen LogP) is 5.68. The molecule has 0 bridgehead atoms. The molecule has 4 rings (SSSR count). The van der Waals surface area contributed by atoms with Gasteiger partial charge >= 0.3 is 0 Å². The van der Waals surface area contributed by atoms with Crippen LogP contribution in [0.5, 0.6) is 0 Å². The zero-order chi connectivity index (χ0) is 21.8. The normalized spacial score (nSPS) is 20.0. The van der Waals surface area contributed by atoms with Crippen LogP contribution in [0.4, 0.5) is 0 Å². The summed E-state index contributed by atoms with van der Waals surface area (Å²) < 4.78 is 2.05. The molecule has 31 heavy (non-hydrogen) atoms. The average Bonchev–Trinajstić information content (AvgIpc) is 3.14. The number of fused-ring (bicyclic) bond motifs is 1. The number of rotatable bonds is 7. The van der Waals surface area contributed by atoms with Gasteiger partial charge < -0.3 is 5.32 Å². The van der Waals surface area contributed by atoms with E-state index in [1.807, 2.05) is 12.1 Å². The minimum absolute atomic E-state index is 0.0872. The van der Waals surface area contributed by atoms with E-state index in [-0.39, 0.29) is 18.0 Å². The van der Waals surface area contributed by atoms with Gasteiger partial charge in [-0.2, -0.15) is 0 Å². The molecular formula is C25H32N4OS. The van der Waals surface area contributed by atoms with Gasteiger partial charge in [-0.05, 0) is 62.6 Å². The van der Waals surface area contributed by atoms with Crippen molar-refractivity contribution in [3.05, 3.63) is 53.7 Å². The lowest BCUT2D eigenvalue weighted by Gasteiger charge is -2.29. The number of aryl methyl sites for hydroxylation is 1. The molecule has 1 aromatic carbocycles. The van der Waals surface area contributed by atoms with Crippen molar-refractivity contribution < 1.29 is 4.79 Å². The molecule has 164 valence electrons. The van der Waals surface area contributed by atoms with Crippen LogP contribution in [0.3, 0.4) is 0 Å². The van der Waals surface area contributed by atoms with Crippen LogP contribution in [0.15, 0.2) is 47.8 Å². The van der Waals surface area contributed by atoms with Gasteiger partial charge in [-0.1, -0.05) is 55.4 Å². The fraction of sp³-hybridized carbons (Fsp3) is 0.480. The van der Waals surface area contributed by atoms with Crippen molar-refractivity contribution in [3.8, 4) is 0 Å². The summed E-state index contributed by atoms with van der Waals surface area (Å²) in [6, 6.07) is 12.4. The van der Waals surface area contributed by atoms with Gasteiger partial charge in [0.05, 0.1) is 0 Å². The number of carbonyl (C=O) groups is 1. The summed E-state index contributed by atoms with van der Waals surface area (Å²) in [5.41, 5.74) is 4.13. The predicted molar refractivity (Wildman–Crippen MR) is 127 cm³/mol. The molecule has 1 N–H and O–H groups in total. The van der Waals surface area contributed by atoms with E-state index in [2.05, 4.69) is 59.9 Å². The van der Waals surface area contributed by atoms with E-state index < -0.39 is 0 Å². The molecule has 1 aliphatic rings. The van der Waals surface area contributed by atoms with Crippen LogP contribution in [-0.4, -0.2) is 26.5 Å². The van der Waals surface area contributed by atoms with Gasteiger partial charge in [0.1, 0.15) is 11.6 Å². The van der Waals surface area contributed by atoms with E-state index in [4.69, 9.17) is 4.98 Å². The van der Waals surface area contributed by atoms with Crippen LogP contribution < -0.4 is 5.32 Å². The van der Waals surface area contributed by atoms with Crippen molar-refractivity contribution in [2.45, 2.75) is 75.9 Å². The fourth-order valence-electron chi connectivity index (χ4n) is 4.31. The Balaban J connectivity index is 1.58. The Hall–Kier alpha value is -2.34. The first-order chi connectivity index (χ1) is 15.0. The van der Waals surface area contributed by atoms with E-state index in [0.717, 1.165) is 40.8 Å². The molecule has 3 aromatic rings. The Morgan fingerprint density at radius 3 is 2.65 bits per heavy atom. The molecule has 0 unspecified atom stereocenters. The van der Waals surface area contributed by atoms with Crippen LogP contribution >= 0.6 is 11.8 Å². The molecule has 0 spiro atoms. The number of imidazole rings is 1. The van der Waals surface area contributed by atoms with Crippen LogP contribution in [0.25, 0.3) is 11.2 Å². The highest BCUT2D eigenvalue weighted by Gasteiger charge is 2.28. The van der Waals surface area contributed by atoms with Crippen LogP contribution in [0, 0.1) is 12.8 Å². The summed E-state index contributed by atoms with van der Waals surface area (Å²) in [6.07, 6.45) is 7.00. The number of hydrogen-bond acceptors (Lipinski definition) is 4. The van der Waals surface area contributed by atoms with Gasteiger partial charge in [-0.15, -0.1) is 0 Å². The monoisotopic (exact) mass is 436 g/mol. The quantitative estimate of drug-likeness (QED) is 0.484. The van der Waals surface area contributed by atoms with Crippen molar-refractivity contribution >= 4 is 28.8 Å². The number of nitrogens with zero attached hydrogens (tertiary/aromatic N) is 3. The lowest BCUT2D eigenvalue weighted by molar-refractivity contribution is -0.125. The molecule has 1 amide bonds. The van der Waals surface area contributed by atoms with Crippen LogP contribution in [0.2, 0.25) is 0 Å². The van der Waals surface area contributed by atoms with Gasteiger partial charge in [0.25, 0.3) is 0 Å². The van der Waals surface area contributed by atoms with Gasteiger partial charge in [-0.3, -0.25) is 9.36 Å². The number of nitrogens with one attached hydrogen (secondary N) is 1. The maximum Gasteiger partial charge on any atom is 0.243 e. The number of hydrogen-bond donors (Lipinski definition) is 1. The van der Waals surface area contributed by atoms with E-state index >= 15 is 0 Å². The van der Waals surface area contributed by atoms with Crippen molar-refractivity contribution in [1.29, 1.82) is 0 Å². The lowest BCUT2D eigenvalue weighted by Crippen LogP contribution is -2.41. The summed E-state index contributed by atoms with van der Waals surface area (Å²) in [6.45, 7) is 6.46. The van der Waals surface area contributed by atoms with Crippen molar-refractivity contribution in [2.75, 3.05) is 0 Å². The highest BCUT2D eigenvalue weighted by atomic mass is 32.2. The first-order valence-electron chi connectivity index (χ1n) is 11.4. The molecule has 1 saturated carbocycles. The van der Waals surface area contributed by atoms with Crippen molar-refractivity contribution in [2.24, 2.45) is 5.92 Å². The minimum Gasteiger partial charge on any atom is -0.352 e. The van der Waals surface area contributed by atoms with Crippen molar-refractivity contribution in [3.63, 3.8) is 0 Å². The minimum atomic E-state index is -0.306. The number of carbonyl (C=O) groups excluding carboxylic acids is 1. The highest BCUT2D eigenvalue weighted by molar-refractivity contribution is 7.98. The molecule has 0 aliphatic heterocycles. The second-order valence-corrected chi connectivity index (χ2v) is 9.72. The Morgan fingerprint density at radius 1 is 1.19 bits per heavy atom. The SMILES string of the molecule is CC[C@H](C(=O)NC1CCC(C)CC1)n1c(SCc2ccc(C)cc2)nc2cccnc21. The third-order valence-electron chi connectivity index (χ3n) is 6.27. The first kappa shape index (κ1) is 21.9. The van der Waals surface area contributed by atoms with E-state index in [1.165, 1.54) is 24.0 Å². The molecule has 0 radical (unpaired) electrons. The van der Waals surface area contributed by atoms with Gasteiger partial charge in [-0.25, -0.2) is 9.97 Å². The maximum absolute atomic E-state index is 13.3. The second-order valence-electron chi connectivity index (χ2n) is 8.77. The lowest BCUT2D eigenvalue weighted by atomic mass is 9.87. The zero-order valence-electron chi connectivity index (χ0n) is 18.7. The van der Waals surface area contributed by atoms with Crippen LogP contribution in [-0.2, 0) is 10.5 Å². The molecule has 6 heteroatoms. The fourth-order valence-corrected chi connectivity index (χ4v) is 5.31. The molecule has 1 atom stereocenters. The Kier molecular flexibility index (Phi) is 6.96. The van der Waals surface area contributed by atoms with Gasteiger partial charge in [0, 0.05) is 18.0 Å². The third kappa shape index (κ3) is 5.12. The summed E-state index contributed by atoms with van der Waals surface area (Å²) in [5.74, 6) is 1.66. The topological polar surface area (TPSA) is 59.8 Å². The third-order valence-corrected chi connectivity index (χ3v) is 7.29. The largest absolute Gasteiger partial charge is 0.352 e. The van der Waals surface area contributed by atoms with Crippen molar-refractivity contribution in [1.82, 2.24) is 19.9 Å². The number of amides is 1. The molecule has 2 heterocycles. The van der Waals surface area contributed by atoms with E-state index in [1.54, 1.807) is 18.0 Å². The van der Waals surface area contributed by atoms with E-state index in [9.17, 15) is 4.79 Å².